The Balaban J connectivity index is 1.54. The van der Waals surface area contributed by atoms with Crippen LogP contribution in [0.15, 0.2) is 58.4 Å². The van der Waals surface area contributed by atoms with Gasteiger partial charge >= 0.3 is 0 Å². The van der Waals surface area contributed by atoms with Crippen molar-refractivity contribution >= 4 is 32.1 Å². The Morgan fingerprint density at radius 3 is 2.62 bits per heavy atom. The summed E-state index contributed by atoms with van der Waals surface area (Å²) in [6.45, 7) is 1.71. The van der Waals surface area contributed by atoms with Gasteiger partial charge in [0.05, 0.1) is 18.0 Å². The van der Waals surface area contributed by atoms with Gasteiger partial charge in [-0.25, -0.2) is 18.7 Å². The van der Waals surface area contributed by atoms with Crippen LogP contribution in [0.3, 0.4) is 0 Å². The van der Waals surface area contributed by atoms with Crippen molar-refractivity contribution in [3.8, 4) is 17.0 Å². The first-order valence-electron chi connectivity index (χ1n) is 12.5. The van der Waals surface area contributed by atoms with Crippen LogP contribution in [0.1, 0.15) is 12.8 Å². The molecule has 13 heteroatoms. The third-order valence-corrected chi connectivity index (χ3v) is 8.97. The zero-order valence-electron chi connectivity index (χ0n) is 21.9. The van der Waals surface area contributed by atoms with E-state index in [2.05, 4.69) is 14.7 Å². The standard InChI is InChI=1S/C27H29F2N5O5S/c1-38-25-23(33-40(2,36,37)24-6-4-19(28)13-21(24)29)12-18(14-31-25)17-3-5-22-20(11-17)26(35)34(27(30)32-22)15-16-7-9-39-10-8-16/h3-6,11-14,16H,7-10,15H2,1-2H3,(H2,30,32)(H2,33,36,37). The number of hydrogen-bond acceptors (Lipinski definition) is 7. The van der Waals surface area contributed by atoms with E-state index in [1.165, 1.54) is 23.9 Å². The molecule has 1 aliphatic rings. The first-order valence-corrected chi connectivity index (χ1v) is 14.8. The van der Waals surface area contributed by atoms with E-state index in [0.29, 0.717) is 47.9 Å². The number of hydrogen-bond donors (Lipinski definition) is 3. The Hall–Kier alpha value is -3.94. The summed E-state index contributed by atoms with van der Waals surface area (Å²) in [6.07, 6.45) is 4.03. The maximum atomic E-state index is 14.5. The van der Waals surface area contributed by atoms with Crippen LogP contribution in [-0.4, -0.2) is 49.9 Å². The number of pyridine rings is 1. The number of halogens is 2. The fourth-order valence-electron chi connectivity index (χ4n) is 4.81. The maximum Gasteiger partial charge on any atom is 0.262 e. The second-order valence-corrected chi connectivity index (χ2v) is 13.1. The van der Waals surface area contributed by atoms with Crippen LogP contribution in [0.4, 0.5) is 20.4 Å². The van der Waals surface area contributed by atoms with Gasteiger partial charge in [-0.2, -0.15) is 4.21 Å². The lowest BCUT2D eigenvalue weighted by Crippen LogP contribution is -2.40. The molecule has 4 aromatic rings. The molecule has 10 nitrogen and oxygen atoms in total. The van der Waals surface area contributed by atoms with Gasteiger partial charge in [-0.3, -0.25) is 18.6 Å². The number of nitrogens with one attached hydrogen (secondary N) is 1. The van der Waals surface area contributed by atoms with Crippen molar-refractivity contribution in [1.29, 1.82) is 0 Å². The molecule has 0 radical (unpaired) electrons. The van der Waals surface area contributed by atoms with Gasteiger partial charge in [0.2, 0.25) is 11.8 Å². The van der Waals surface area contributed by atoms with Crippen LogP contribution < -0.4 is 20.8 Å². The van der Waals surface area contributed by atoms with Crippen molar-refractivity contribution in [3.63, 3.8) is 0 Å². The van der Waals surface area contributed by atoms with E-state index in [-0.39, 0.29) is 29.0 Å². The summed E-state index contributed by atoms with van der Waals surface area (Å²) in [5.74, 6) is -1.72. The fraction of sp³-hybridized carbons (Fsp3) is 0.296. The number of aromatic nitrogens is 3. The molecular formula is C27H29F2N5O5S. The van der Waals surface area contributed by atoms with Crippen molar-refractivity contribution in [2.75, 3.05) is 37.0 Å². The maximum absolute atomic E-state index is 14.5. The van der Waals surface area contributed by atoms with Crippen LogP contribution in [0, 0.1) is 17.6 Å². The SMILES string of the molecule is COc1ncc(-c2ccc3nc(N)n(CC4CCOCC4)c(=O)c3c2)cc1NS(C)(=O)(O)c1ccc(F)cc1F. The number of anilines is 2. The molecular weight excluding hydrogens is 544 g/mol. The summed E-state index contributed by atoms with van der Waals surface area (Å²) in [4.78, 5) is 21.5. The number of benzene rings is 2. The highest BCUT2D eigenvalue weighted by Crippen LogP contribution is 2.37. The van der Waals surface area contributed by atoms with Crippen LogP contribution in [-0.2, 0) is 20.8 Å². The zero-order valence-corrected chi connectivity index (χ0v) is 22.7. The molecule has 0 bridgehead atoms. The summed E-state index contributed by atoms with van der Waals surface area (Å²) in [5, 5.41) is 0.345. The lowest BCUT2D eigenvalue weighted by atomic mass is 10.00. The summed E-state index contributed by atoms with van der Waals surface area (Å²) >= 11 is 0. The van der Waals surface area contributed by atoms with E-state index in [0.717, 1.165) is 31.2 Å². The predicted octanol–water partition coefficient (Wildman–Crippen LogP) is 4.06. The number of nitrogens with two attached hydrogens (primary N) is 1. The molecule has 40 heavy (non-hydrogen) atoms. The molecule has 212 valence electrons. The molecule has 1 fully saturated rings. The van der Waals surface area contributed by atoms with E-state index in [9.17, 15) is 22.3 Å². The van der Waals surface area contributed by atoms with Crippen molar-refractivity contribution < 1.29 is 27.0 Å². The Bertz CT molecular complexity index is 1730. The Morgan fingerprint density at radius 1 is 1.18 bits per heavy atom. The first-order chi connectivity index (χ1) is 18.9. The second-order valence-electron chi connectivity index (χ2n) is 9.91. The average molecular weight is 574 g/mol. The van der Waals surface area contributed by atoms with E-state index < -0.39 is 26.1 Å². The predicted molar refractivity (Wildman–Crippen MR) is 149 cm³/mol. The highest BCUT2D eigenvalue weighted by molar-refractivity contribution is 8.15. The van der Waals surface area contributed by atoms with Crippen LogP contribution in [0.5, 0.6) is 5.88 Å². The zero-order chi connectivity index (χ0) is 28.7. The lowest BCUT2D eigenvalue weighted by Gasteiger charge is -2.40. The minimum Gasteiger partial charge on any atom is -0.479 e. The van der Waals surface area contributed by atoms with E-state index in [4.69, 9.17) is 15.2 Å². The Labute approximate surface area is 228 Å². The molecule has 1 aliphatic heterocycles. The van der Waals surface area contributed by atoms with Crippen molar-refractivity contribution in [3.05, 3.63) is 70.6 Å². The molecule has 4 N–H and O–H groups in total. The molecule has 0 spiro atoms. The first kappa shape index (κ1) is 27.6. The van der Waals surface area contributed by atoms with E-state index in [1.54, 1.807) is 18.2 Å². The second kappa shape index (κ2) is 10.2. The van der Waals surface area contributed by atoms with E-state index in [1.807, 2.05) is 0 Å². The smallest absolute Gasteiger partial charge is 0.262 e. The topological polar surface area (TPSA) is 142 Å². The van der Waals surface area contributed by atoms with Crippen molar-refractivity contribution in [2.45, 2.75) is 24.3 Å². The van der Waals surface area contributed by atoms with Gasteiger partial charge in [-0.15, -0.1) is 9.53 Å². The third-order valence-electron chi connectivity index (χ3n) is 6.91. The van der Waals surface area contributed by atoms with Gasteiger partial charge in [0.25, 0.3) is 5.56 Å². The molecule has 0 amide bonds. The molecule has 0 aliphatic carbocycles. The molecule has 0 saturated carbocycles. The third kappa shape index (κ3) is 5.40. The molecule has 2 aromatic carbocycles. The van der Waals surface area contributed by atoms with Gasteiger partial charge < -0.3 is 15.2 Å². The molecule has 1 saturated heterocycles. The van der Waals surface area contributed by atoms with Gasteiger partial charge in [-0.05, 0) is 54.7 Å². The summed E-state index contributed by atoms with van der Waals surface area (Å²) in [5.41, 5.74) is 7.30. The quantitative estimate of drug-likeness (QED) is 0.301. The monoisotopic (exact) mass is 573 g/mol. The Morgan fingerprint density at radius 2 is 1.93 bits per heavy atom. The summed E-state index contributed by atoms with van der Waals surface area (Å²) < 4.78 is 67.2. The number of ether oxygens (including phenoxy) is 2. The van der Waals surface area contributed by atoms with Crippen LogP contribution >= 0.6 is 0 Å². The largest absolute Gasteiger partial charge is 0.479 e. The number of rotatable bonds is 7. The molecule has 5 rings (SSSR count). The van der Waals surface area contributed by atoms with Crippen molar-refractivity contribution in [2.24, 2.45) is 5.92 Å². The van der Waals surface area contributed by atoms with Crippen LogP contribution in [0.2, 0.25) is 0 Å². The molecule has 0 unspecified atom stereocenters. The van der Waals surface area contributed by atoms with Gasteiger partial charge in [0, 0.05) is 43.8 Å². The lowest BCUT2D eigenvalue weighted by molar-refractivity contribution is 0.0611. The minimum absolute atomic E-state index is 0.0156. The summed E-state index contributed by atoms with van der Waals surface area (Å²) in [6, 6.07) is 8.84. The summed E-state index contributed by atoms with van der Waals surface area (Å²) in [7, 11) is -3.77. The van der Waals surface area contributed by atoms with E-state index >= 15 is 0 Å². The molecule has 2 aromatic heterocycles. The fourth-order valence-corrected chi connectivity index (χ4v) is 6.49. The van der Waals surface area contributed by atoms with Crippen molar-refractivity contribution in [1.82, 2.24) is 14.5 Å². The number of nitrogen functional groups attached to an aromatic ring is 1. The number of nitrogens with zero attached hydrogens (tertiary/aromatic N) is 3. The number of fused-ring (bicyclic) bond motifs is 1. The number of methoxy groups -OCH3 is 1. The highest BCUT2D eigenvalue weighted by Gasteiger charge is 2.29. The van der Waals surface area contributed by atoms with Crippen LogP contribution in [0.25, 0.3) is 22.0 Å². The van der Waals surface area contributed by atoms with Gasteiger partial charge in [0.1, 0.15) is 22.2 Å². The molecule has 0 atom stereocenters. The average Bonchev–Trinajstić information content (AvgIpc) is 2.90. The molecule has 3 heterocycles. The van der Waals surface area contributed by atoms with Gasteiger partial charge in [-0.1, -0.05) is 6.07 Å². The normalized spacial score (nSPS) is 15.5. The Kier molecular flexibility index (Phi) is 7.06. The highest BCUT2D eigenvalue weighted by atomic mass is 32.3. The minimum atomic E-state index is -5.09. The van der Waals surface area contributed by atoms with Gasteiger partial charge in [0.15, 0.2) is 0 Å².